The van der Waals surface area contributed by atoms with Gasteiger partial charge in [0, 0.05) is 6.54 Å². The van der Waals surface area contributed by atoms with Crippen molar-refractivity contribution in [2.24, 2.45) is 0 Å². The minimum absolute atomic E-state index is 0.0166. The number of alkyl halides is 3. The van der Waals surface area contributed by atoms with Crippen molar-refractivity contribution in [3.05, 3.63) is 35.4 Å². The summed E-state index contributed by atoms with van der Waals surface area (Å²) in [4.78, 5) is 10.9. The molecular weight excluding hydrogens is 235 g/mol. The second-order valence-corrected chi connectivity index (χ2v) is 3.55. The van der Waals surface area contributed by atoms with Crippen molar-refractivity contribution in [1.29, 1.82) is 0 Å². The van der Waals surface area contributed by atoms with E-state index in [-0.39, 0.29) is 13.2 Å². The van der Waals surface area contributed by atoms with Gasteiger partial charge in [-0.1, -0.05) is 24.3 Å². The molecule has 0 radical (unpaired) electrons. The Balaban J connectivity index is 2.47. The third-order valence-corrected chi connectivity index (χ3v) is 2.02. The molecule has 0 saturated heterocycles. The summed E-state index contributed by atoms with van der Waals surface area (Å²) >= 11 is 0. The Bertz CT molecular complexity index is 391. The summed E-state index contributed by atoms with van der Waals surface area (Å²) in [6.45, 7) is -0.132. The average molecular weight is 247 g/mol. The van der Waals surface area contributed by atoms with Crippen LogP contribution in [0.15, 0.2) is 24.3 Å². The van der Waals surface area contributed by atoms with E-state index >= 15 is 0 Å². The van der Waals surface area contributed by atoms with Crippen LogP contribution in [-0.2, 0) is 17.9 Å². The van der Waals surface area contributed by atoms with E-state index in [0.29, 0.717) is 11.1 Å². The highest BCUT2D eigenvalue weighted by atomic mass is 19.4. The molecule has 0 aliphatic heterocycles. The van der Waals surface area contributed by atoms with Gasteiger partial charge in [0.05, 0.1) is 6.61 Å². The molecule has 0 atom stereocenters. The highest BCUT2D eigenvalue weighted by Gasteiger charge is 2.30. The lowest BCUT2D eigenvalue weighted by molar-refractivity contribution is -0.153. The van der Waals surface area contributed by atoms with Crippen LogP contribution in [-0.4, -0.2) is 17.2 Å². The van der Waals surface area contributed by atoms with Crippen LogP contribution in [0.25, 0.3) is 0 Å². The Morgan fingerprint density at radius 3 is 2.53 bits per heavy atom. The van der Waals surface area contributed by atoms with E-state index in [4.69, 9.17) is 5.11 Å². The summed E-state index contributed by atoms with van der Waals surface area (Å²) in [5, 5.41) is 11.0. The zero-order valence-corrected chi connectivity index (χ0v) is 8.92. The smallest absolute Gasteiger partial charge is 0.392 e. The maximum atomic E-state index is 11.9. The number of benzene rings is 1. The van der Waals surface area contributed by atoms with Gasteiger partial charge < -0.3 is 10.4 Å². The third-order valence-electron chi connectivity index (χ3n) is 2.02. The zero-order valence-electron chi connectivity index (χ0n) is 8.92. The van der Waals surface area contributed by atoms with Gasteiger partial charge in [-0.05, 0) is 11.1 Å². The van der Waals surface area contributed by atoms with Gasteiger partial charge in [-0.15, -0.1) is 0 Å². The zero-order chi connectivity index (χ0) is 12.9. The maximum absolute atomic E-state index is 11.9. The van der Waals surface area contributed by atoms with Crippen LogP contribution in [0, 0.1) is 0 Å². The Morgan fingerprint density at radius 2 is 1.94 bits per heavy atom. The lowest BCUT2D eigenvalue weighted by Crippen LogP contribution is -2.28. The summed E-state index contributed by atoms with van der Waals surface area (Å²) in [6.07, 6.45) is -5.97. The SMILES string of the molecule is O=C(CC(F)(F)F)NCc1cccc(CO)c1. The molecule has 17 heavy (non-hydrogen) atoms. The first-order valence-electron chi connectivity index (χ1n) is 4.93. The van der Waals surface area contributed by atoms with Crippen LogP contribution >= 0.6 is 0 Å². The lowest BCUT2D eigenvalue weighted by Gasteiger charge is -2.08. The molecule has 0 fully saturated rings. The molecule has 0 bridgehead atoms. The van der Waals surface area contributed by atoms with E-state index in [9.17, 15) is 18.0 Å². The average Bonchev–Trinajstić information content (AvgIpc) is 2.24. The van der Waals surface area contributed by atoms with E-state index in [2.05, 4.69) is 5.32 Å². The molecule has 6 heteroatoms. The van der Waals surface area contributed by atoms with Gasteiger partial charge in [0.15, 0.2) is 0 Å². The molecule has 3 nitrogen and oxygen atoms in total. The Labute approximate surface area is 96.3 Å². The van der Waals surface area contributed by atoms with E-state index < -0.39 is 18.5 Å². The number of halogens is 3. The van der Waals surface area contributed by atoms with Crippen LogP contribution in [0.3, 0.4) is 0 Å². The quantitative estimate of drug-likeness (QED) is 0.851. The van der Waals surface area contributed by atoms with Crippen molar-refractivity contribution in [3.63, 3.8) is 0 Å². The van der Waals surface area contributed by atoms with Gasteiger partial charge in [0.2, 0.25) is 5.91 Å². The van der Waals surface area contributed by atoms with E-state index in [1.165, 1.54) is 0 Å². The van der Waals surface area contributed by atoms with Gasteiger partial charge >= 0.3 is 6.18 Å². The molecule has 0 aromatic heterocycles. The predicted molar refractivity (Wildman–Crippen MR) is 54.9 cm³/mol. The lowest BCUT2D eigenvalue weighted by atomic mass is 10.1. The van der Waals surface area contributed by atoms with Gasteiger partial charge in [0.1, 0.15) is 6.42 Å². The largest absolute Gasteiger partial charge is 0.397 e. The molecule has 0 unspecified atom stereocenters. The number of amides is 1. The molecule has 2 N–H and O–H groups in total. The summed E-state index contributed by atoms with van der Waals surface area (Å²) in [5.74, 6) is -1.06. The normalized spacial score (nSPS) is 11.3. The molecular formula is C11H12F3NO2. The summed E-state index contributed by atoms with van der Waals surface area (Å²) in [5.41, 5.74) is 1.29. The second-order valence-electron chi connectivity index (χ2n) is 3.55. The summed E-state index contributed by atoms with van der Waals surface area (Å²) in [6, 6.07) is 6.62. The van der Waals surface area contributed by atoms with Crippen molar-refractivity contribution >= 4 is 5.91 Å². The fraction of sp³-hybridized carbons (Fsp3) is 0.364. The molecule has 94 valence electrons. The molecule has 0 saturated carbocycles. The summed E-state index contributed by atoms with van der Waals surface area (Å²) < 4.78 is 35.6. The highest BCUT2D eigenvalue weighted by Crippen LogP contribution is 2.19. The van der Waals surface area contributed by atoms with E-state index in [1.807, 2.05) is 0 Å². The van der Waals surface area contributed by atoms with Gasteiger partial charge in [0.25, 0.3) is 0 Å². The predicted octanol–water partition coefficient (Wildman–Crippen LogP) is 1.75. The molecule has 1 aromatic rings. The van der Waals surface area contributed by atoms with Crippen LogP contribution in [0.1, 0.15) is 17.5 Å². The molecule has 0 heterocycles. The van der Waals surface area contributed by atoms with Crippen LogP contribution in [0.2, 0.25) is 0 Å². The van der Waals surface area contributed by atoms with Crippen LogP contribution < -0.4 is 5.32 Å². The van der Waals surface area contributed by atoms with Crippen molar-refractivity contribution in [2.45, 2.75) is 25.7 Å². The van der Waals surface area contributed by atoms with E-state index in [0.717, 1.165) is 0 Å². The number of hydrogen-bond donors (Lipinski definition) is 2. The molecule has 0 aliphatic rings. The highest BCUT2D eigenvalue weighted by molar-refractivity contribution is 5.76. The number of carbonyl (C=O) groups excluding carboxylic acids is 1. The number of aliphatic hydroxyl groups is 1. The van der Waals surface area contributed by atoms with Crippen molar-refractivity contribution < 1.29 is 23.1 Å². The fourth-order valence-electron chi connectivity index (χ4n) is 1.28. The fourth-order valence-corrected chi connectivity index (χ4v) is 1.28. The number of nitrogens with one attached hydrogen (secondary N) is 1. The Kier molecular flexibility index (Phi) is 4.51. The van der Waals surface area contributed by atoms with Crippen LogP contribution in [0.5, 0.6) is 0 Å². The number of hydrogen-bond acceptors (Lipinski definition) is 2. The van der Waals surface area contributed by atoms with Crippen molar-refractivity contribution in [2.75, 3.05) is 0 Å². The van der Waals surface area contributed by atoms with Gasteiger partial charge in [-0.3, -0.25) is 4.79 Å². The monoisotopic (exact) mass is 247 g/mol. The second kappa shape index (κ2) is 5.67. The van der Waals surface area contributed by atoms with Crippen molar-refractivity contribution in [3.8, 4) is 0 Å². The Morgan fingerprint density at radius 1 is 1.29 bits per heavy atom. The molecule has 0 spiro atoms. The third kappa shape index (κ3) is 5.35. The molecule has 1 rings (SSSR count). The van der Waals surface area contributed by atoms with Crippen molar-refractivity contribution in [1.82, 2.24) is 5.32 Å². The van der Waals surface area contributed by atoms with Gasteiger partial charge in [-0.25, -0.2) is 0 Å². The number of rotatable bonds is 4. The first kappa shape index (κ1) is 13.5. The van der Waals surface area contributed by atoms with Crippen LogP contribution in [0.4, 0.5) is 13.2 Å². The molecule has 1 aromatic carbocycles. The first-order valence-corrected chi connectivity index (χ1v) is 4.93. The molecule has 1 amide bonds. The minimum Gasteiger partial charge on any atom is -0.392 e. The standard InChI is InChI=1S/C11H12F3NO2/c12-11(13,14)5-10(17)15-6-8-2-1-3-9(4-8)7-16/h1-4,16H,5-7H2,(H,15,17). The van der Waals surface area contributed by atoms with Gasteiger partial charge in [-0.2, -0.15) is 13.2 Å². The molecule has 0 aliphatic carbocycles. The first-order chi connectivity index (χ1) is 7.90. The van der Waals surface area contributed by atoms with E-state index in [1.54, 1.807) is 24.3 Å². The Hall–Kier alpha value is -1.56. The number of carbonyl (C=O) groups is 1. The minimum atomic E-state index is -4.49. The summed E-state index contributed by atoms with van der Waals surface area (Å²) in [7, 11) is 0. The number of aliphatic hydroxyl groups excluding tert-OH is 1. The maximum Gasteiger partial charge on any atom is 0.397 e. The topological polar surface area (TPSA) is 49.3 Å².